The van der Waals surface area contributed by atoms with Crippen molar-refractivity contribution in [1.82, 2.24) is 0 Å². The second-order valence-corrected chi connectivity index (χ2v) is 5.22. The van der Waals surface area contributed by atoms with Gasteiger partial charge < -0.3 is 35.0 Å². The van der Waals surface area contributed by atoms with E-state index in [4.69, 9.17) is 14.6 Å². The predicted octanol–water partition coefficient (Wildman–Crippen LogP) is -0.812. The molecule has 1 aliphatic heterocycles. The van der Waals surface area contributed by atoms with Gasteiger partial charge >= 0.3 is 0 Å². The van der Waals surface area contributed by atoms with Crippen LogP contribution in [0.4, 0.5) is 0 Å². The topological polar surface area (TPSA) is 120 Å². The fraction of sp³-hybridized carbons (Fsp3) is 0.571. The Bertz CT molecular complexity index is 479. The maximum atomic E-state index is 9.88. The van der Waals surface area contributed by atoms with Gasteiger partial charge in [0.15, 0.2) is 0 Å². The van der Waals surface area contributed by atoms with Crippen LogP contribution in [0.1, 0.15) is 11.1 Å². The van der Waals surface area contributed by atoms with Crippen LogP contribution in [-0.4, -0.2) is 62.8 Å². The van der Waals surface area contributed by atoms with Gasteiger partial charge in [0.2, 0.25) is 6.29 Å². The highest BCUT2D eigenvalue weighted by Crippen LogP contribution is 2.30. The van der Waals surface area contributed by atoms with Crippen LogP contribution in [0.3, 0.4) is 0 Å². The monoisotopic (exact) mass is 300 g/mol. The Morgan fingerprint density at radius 1 is 1.05 bits per heavy atom. The summed E-state index contributed by atoms with van der Waals surface area (Å²) in [5.41, 5.74) is 1.18. The third-order valence-electron chi connectivity index (χ3n) is 3.57. The summed E-state index contributed by atoms with van der Waals surface area (Å²) in [6.07, 6.45) is -6.62. The van der Waals surface area contributed by atoms with Crippen molar-refractivity contribution >= 4 is 0 Å². The second kappa shape index (κ2) is 6.17. The molecule has 1 fully saturated rings. The van der Waals surface area contributed by atoms with Crippen molar-refractivity contribution in [3.63, 3.8) is 0 Å². The van der Waals surface area contributed by atoms with Crippen LogP contribution in [-0.2, 0) is 4.74 Å². The fourth-order valence-electron chi connectivity index (χ4n) is 2.28. The minimum absolute atomic E-state index is 0.149. The molecule has 5 atom stereocenters. The highest BCUT2D eigenvalue weighted by atomic mass is 16.7. The Hall–Kier alpha value is -1.38. The SMILES string of the molecule is Cc1cc(O[C@@H]2O[C@H](CO)[C@@H](O)[C@H](O)[C@H]2O)cc(C)c1O. The number of aromatic hydroxyl groups is 1. The van der Waals surface area contributed by atoms with Crippen LogP contribution in [0.2, 0.25) is 0 Å². The summed E-state index contributed by atoms with van der Waals surface area (Å²) in [4.78, 5) is 0. The van der Waals surface area contributed by atoms with Gasteiger partial charge in [-0.3, -0.25) is 0 Å². The largest absolute Gasteiger partial charge is 0.507 e. The van der Waals surface area contributed by atoms with Gasteiger partial charge in [0, 0.05) is 0 Å². The second-order valence-electron chi connectivity index (χ2n) is 5.22. The average molecular weight is 300 g/mol. The Morgan fingerprint density at radius 3 is 2.14 bits per heavy atom. The van der Waals surface area contributed by atoms with E-state index in [2.05, 4.69) is 0 Å². The molecule has 7 nitrogen and oxygen atoms in total. The smallest absolute Gasteiger partial charge is 0.229 e. The summed E-state index contributed by atoms with van der Waals surface area (Å²) in [7, 11) is 0. The van der Waals surface area contributed by atoms with Gasteiger partial charge in [-0.25, -0.2) is 0 Å². The molecule has 0 saturated carbocycles. The lowest BCUT2D eigenvalue weighted by molar-refractivity contribution is -0.277. The first-order valence-corrected chi connectivity index (χ1v) is 6.62. The maximum absolute atomic E-state index is 9.88. The molecule has 1 aromatic rings. The minimum Gasteiger partial charge on any atom is -0.507 e. The van der Waals surface area contributed by atoms with E-state index in [0.717, 1.165) is 0 Å². The molecule has 1 heterocycles. The van der Waals surface area contributed by atoms with Gasteiger partial charge in [0.1, 0.15) is 35.9 Å². The van der Waals surface area contributed by atoms with Crippen LogP contribution < -0.4 is 4.74 Å². The summed E-state index contributed by atoms with van der Waals surface area (Å²) < 4.78 is 10.7. The molecule has 1 aliphatic rings. The van der Waals surface area contributed by atoms with Crippen molar-refractivity contribution in [2.75, 3.05) is 6.61 Å². The van der Waals surface area contributed by atoms with Crippen molar-refractivity contribution in [3.05, 3.63) is 23.3 Å². The Balaban J connectivity index is 2.18. The van der Waals surface area contributed by atoms with E-state index in [-0.39, 0.29) is 5.75 Å². The van der Waals surface area contributed by atoms with E-state index >= 15 is 0 Å². The molecule has 5 N–H and O–H groups in total. The summed E-state index contributed by atoms with van der Waals surface area (Å²) in [5.74, 6) is 0.489. The van der Waals surface area contributed by atoms with Crippen LogP contribution in [0.15, 0.2) is 12.1 Å². The van der Waals surface area contributed by atoms with Crippen LogP contribution >= 0.6 is 0 Å². The Kier molecular flexibility index (Phi) is 4.70. The number of hydrogen-bond acceptors (Lipinski definition) is 7. The van der Waals surface area contributed by atoms with Gasteiger partial charge in [0.25, 0.3) is 0 Å². The minimum atomic E-state index is -1.49. The molecule has 1 aromatic carbocycles. The summed E-state index contributed by atoms with van der Waals surface area (Å²) >= 11 is 0. The fourth-order valence-corrected chi connectivity index (χ4v) is 2.28. The molecule has 0 unspecified atom stereocenters. The number of benzene rings is 1. The maximum Gasteiger partial charge on any atom is 0.229 e. The third-order valence-corrected chi connectivity index (χ3v) is 3.57. The molecular weight excluding hydrogens is 280 g/mol. The van der Waals surface area contributed by atoms with Crippen molar-refractivity contribution in [2.24, 2.45) is 0 Å². The molecule has 1 saturated heterocycles. The number of hydrogen-bond donors (Lipinski definition) is 5. The zero-order chi connectivity index (χ0) is 15.7. The van der Waals surface area contributed by atoms with Crippen molar-refractivity contribution in [3.8, 4) is 11.5 Å². The molecule has 0 radical (unpaired) electrons. The van der Waals surface area contributed by atoms with Gasteiger partial charge in [-0.05, 0) is 37.1 Å². The zero-order valence-electron chi connectivity index (χ0n) is 11.8. The molecule has 0 bridgehead atoms. The lowest BCUT2D eigenvalue weighted by Crippen LogP contribution is -2.60. The average Bonchev–Trinajstić information content (AvgIpc) is 2.45. The number of phenols is 1. The summed E-state index contributed by atoms with van der Waals surface area (Å²) in [6.45, 7) is 2.88. The number of phenolic OH excluding ortho intramolecular Hbond substituents is 1. The number of aliphatic hydroxyl groups is 4. The predicted molar refractivity (Wildman–Crippen MR) is 72.0 cm³/mol. The highest BCUT2D eigenvalue weighted by Gasteiger charge is 2.44. The molecule has 7 heteroatoms. The summed E-state index contributed by atoms with van der Waals surface area (Å²) in [6, 6.07) is 3.12. The van der Waals surface area contributed by atoms with Gasteiger partial charge in [0.05, 0.1) is 6.61 Å². The normalized spacial score (nSPS) is 33.0. The quantitative estimate of drug-likeness (QED) is 0.495. The van der Waals surface area contributed by atoms with Crippen LogP contribution in [0.5, 0.6) is 11.5 Å². The number of rotatable bonds is 3. The zero-order valence-corrected chi connectivity index (χ0v) is 11.8. The van der Waals surface area contributed by atoms with E-state index < -0.39 is 37.3 Å². The molecular formula is C14H20O7. The highest BCUT2D eigenvalue weighted by molar-refractivity contribution is 5.44. The molecule has 0 spiro atoms. The standard InChI is InChI=1S/C14H20O7/c1-6-3-8(4-7(2)10(6)16)20-14-13(19)12(18)11(17)9(5-15)21-14/h3-4,9,11-19H,5H2,1-2H3/t9-,11-,12+,13-,14-/m1/s1. The molecule has 118 valence electrons. The van der Waals surface area contributed by atoms with Gasteiger partial charge in [-0.2, -0.15) is 0 Å². The van der Waals surface area contributed by atoms with E-state index in [9.17, 15) is 20.4 Å². The number of aliphatic hydroxyl groups excluding tert-OH is 4. The van der Waals surface area contributed by atoms with E-state index in [1.165, 1.54) is 0 Å². The third kappa shape index (κ3) is 3.12. The lowest BCUT2D eigenvalue weighted by Gasteiger charge is -2.39. The van der Waals surface area contributed by atoms with E-state index in [1.54, 1.807) is 26.0 Å². The first kappa shape index (κ1) is 16.0. The van der Waals surface area contributed by atoms with Crippen molar-refractivity contribution < 1.29 is 35.0 Å². The number of aryl methyl sites for hydroxylation is 2. The molecule has 0 amide bonds. The van der Waals surface area contributed by atoms with Crippen molar-refractivity contribution in [2.45, 2.75) is 44.6 Å². The molecule has 21 heavy (non-hydrogen) atoms. The molecule has 2 rings (SSSR count). The van der Waals surface area contributed by atoms with Gasteiger partial charge in [-0.15, -0.1) is 0 Å². The number of ether oxygens (including phenoxy) is 2. The van der Waals surface area contributed by atoms with Crippen molar-refractivity contribution in [1.29, 1.82) is 0 Å². The van der Waals surface area contributed by atoms with Gasteiger partial charge in [-0.1, -0.05) is 0 Å². The molecule has 0 aliphatic carbocycles. The summed E-state index contributed by atoms with van der Waals surface area (Å²) in [5, 5.41) is 48.1. The Labute approximate surface area is 122 Å². The van der Waals surface area contributed by atoms with E-state index in [1.807, 2.05) is 0 Å². The van der Waals surface area contributed by atoms with Crippen LogP contribution in [0.25, 0.3) is 0 Å². The van der Waals surface area contributed by atoms with E-state index in [0.29, 0.717) is 16.9 Å². The Morgan fingerprint density at radius 2 is 1.62 bits per heavy atom. The first-order valence-electron chi connectivity index (χ1n) is 6.62. The van der Waals surface area contributed by atoms with Crippen LogP contribution in [0, 0.1) is 13.8 Å². The molecule has 0 aromatic heterocycles. The lowest BCUT2D eigenvalue weighted by atomic mass is 9.99. The first-order chi connectivity index (χ1) is 9.85.